The molecule has 0 aromatic carbocycles. The number of halogens is 2. The van der Waals surface area contributed by atoms with Crippen molar-refractivity contribution in [1.29, 1.82) is 0 Å². The zero-order valence-electron chi connectivity index (χ0n) is 6.99. The standard InChI is InChI=1S/C8H10F2O2/c1-3-8(9,10)6-5-7(11)12-4-2/h3-4H2,1-2H3. The summed E-state index contributed by atoms with van der Waals surface area (Å²) in [5.41, 5.74) is 0. The summed E-state index contributed by atoms with van der Waals surface area (Å²) in [6.07, 6.45) is -0.403. The molecule has 12 heavy (non-hydrogen) atoms. The lowest BCUT2D eigenvalue weighted by Gasteiger charge is -2.02. The lowest BCUT2D eigenvalue weighted by molar-refractivity contribution is -0.136. The predicted molar refractivity (Wildman–Crippen MR) is 39.6 cm³/mol. The van der Waals surface area contributed by atoms with E-state index in [1.807, 2.05) is 0 Å². The Morgan fingerprint density at radius 1 is 1.50 bits per heavy atom. The summed E-state index contributed by atoms with van der Waals surface area (Å²) in [5.74, 6) is -0.753. The van der Waals surface area contributed by atoms with Crippen molar-refractivity contribution in [2.24, 2.45) is 0 Å². The molecular weight excluding hydrogens is 166 g/mol. The largest absolute Gasteiger partial charge is 0.456 e. The van der Waals surface area contributed by atoms with E-state index in [0.717, 1.165) is 0 Å². The number of carbonyl (C=O) groups is 1. The minimum Gasteiger partial charge on any atom is -0.456 e. The van der Waals surface area contributed by atoms with Gasteiger partial charge in [0.1, 0.15) is 0 Å². The molecule has 4 heteroatoms. The average molecular weight is 176 g/mol. The molecule has 68 valence electrons. The molecule has 0 aliphatic carbocycles. The number of carbonyl (C=O) groups excluding carboxylic acids is 1. The van der Waals surface area contributed by atoms with Gasteiger partial charge in [-0.3, -0.25) is 0 Å². The third-order valence-electron chi connectivity index (χ3n) is 1.07. The number of hydrogen-bond acceptors (Lipinski definition) is 2. The fourth-order valence-electron chi connectivity index (χ4n) is 0.398. The maximum Gasteiger partial charge on any atom is 0.384 e. The van der Waals surface area contributed by atoms with Gasteiger partial charge >= 0.3 is 11.9 Å². The van der Waals surface area contributed by atoms with E-state index in [4.69, 9.17) is 0 Å². The number of ether oxygens (including phenoxy) is 1. The van der Waals surface area contributed by atoms with Gasteiger partial charge in [-0.2, -0.15) is 8.78 Å². The van der Waals surface area contributed by atoms with Crippen LogP contribution in [0.4, 0.5) is 8.78 Å². The van der Waals surface area contributed by atoms with E-state index in [-0.39, 0.29) is 6.61 Å². The molecule has 0 aliphatic rings. The van der Waals surface area contributed by atoms with Crippen molar-refractivity contribution >= 4 is 5.97 Å². The molecule has 0 aromatic rings. The van der Waals surface area contributed by atoms with Crippen LogP contribution in [-0.4, -0.2) is 18.5 Å². The minimum atomic E-state index is -3.09. The first kappa shape index (κ1) is 10.9. The van der Waals surface area contributed by atoms with E-state index in [2.05, 4.69) is 4.74 Å². The van der Waals surface area contributed by atoms with Crippen molar-refractivity contribution < 1.29 is 18.3 Å². The highest BCUT2D eigenvalue weighted by molar-refractivity contribution is 5.88. The van der Waals surface area contributed by atoms with Crippen LogP contribution in [0.5, 0.6) is 0 Å². The second-order valence-corrected chi connectivity index (χ2v) is 2.03. The first-order valence-corrected chi connectivity index (χ1v) is 3.59. The zero-order valence-corrected chi connectivity index (χ0v) is 6.99. The molecule has 0 unspecified atom stereocenters. The van der Waals surface area contributed by atoms with Crippen molar-refractivity contribution in [3.05, 3.63) is 0 Å². The van der Waals surface area contributed by atoms with Crippen LogP contribution in [0.25, 0.3) is 0 Å². The Morgan fingerprint density at radius 2 is 2.08 bits per heavy atom. The molecular formula is C8H10F2O2. The monoisotopic (exact) mass is 176 g/mol. The van der Waals surface area contributed by atoms with Crippen LogP contribution in [-0.2, 0) is 9.53 Å². The Balaban J connectivity index is 4.11. The SMILES string of the molecule is CCOC(=O)C#CC(F)(F)CC. The van der Waals surface area contributed by atoms with Gasteiger partial charge in [0, 0.05) is 12.3 Å². The van der Waals surface area contributed by atoms with E-state index in [0.29, 0.717) is 0 Å². The molecule has 0 aliphatic heterocycles. The smallest absolute Gasteiger partial charge is 0.384 e. The number of hydrogen-bond donors (Lipinski definition) is 0. The highest BCUT2D eigenvalue weighted by atomic mass is 19.3. The van der Waals surface area contributed by atoms with Gasteiger partial charge in [0.05, 0.1) is 6.61 Å². The zero-order chi connectivity index (χ0) is 9.61. The number of esters is 1. The first-order valence-electron chi connectivity index (χ1n) is 3.59. The van der Waals surface area contributed by atoms with Gasteiger partial charge in [-0.25, -0.2) is 4.79 Å². The van der Waals surface area contributed by atoms with Crippen LogP contribution < -0.4 is 0 Å². The third kappa shape index (κ3) is 4.67. The summed E-state index contributed by atoms with van der Waals surface area (Å²) in [4.78, 5) is 10.5. The lowest BCUT2D eigenvalue weighted by Crippen LogP contribution is -2.11. The summed E-state index contributed by atoms with van der Waals surface area (Å²) in [6.45, 7) is 3.02. The molecule has 2 nitrogen and oxygen atoms in total. The van der Waals surface area contributed by atoms with Crippen LogP contribution >= 0.6 is 0 Å². The first-order chi connectivity index (χ1) is 5.52. The fraction of sp³-hybridized carbons (Fsp3) is 0.625. The van der Waals surface area contributed by atoms with Gasteiger partial charge < -0.3 is 4.74 Å². The molecule has 0 amide bonds. The molecule has 0 aromatic heterocycles. The molecule has 0 spiro atoms. The summed E-state index contributed by atoms with van der Waals surface area (Å²) in [6, 6.07) is 0. The van der Waals surface area contributed by atoms with Crippen LogP contribution in [0.1, 0.15) is 20.3 Å². The second kappa shape index (κ2) is 4.70. The Morgan fingerprint density at radius 3 is 2.50 bits per heavy atom. The summed E-state index contributed by atoms with van der Waals surface area (Å²) >= 11 is 0. The molecule has 0 saturated carbocycles. The Kier molecular flexibility index (Phi) is 4.27. The minimum absolute atomic E-state index is 0.144. The van der Waals surface area contributed by atoms with Gasteiger partial charge in [-0.1, -0.05) is 6.92 Å². The topological polar surface area (TPSA) is 26.3 Å². The van der Waals surface area contributed by atoms with E-state index in [1.54, 1.807) is 12.8 Å². The quantitative estimate of drug-likeness (QED) is 0.363. The van der Waals surface area contributed by atoms with Gasteiger partial charge in [0.15, 0.2) is 0 Å². The van der Waals surface area contributed by atoms with E-state index < -0.39 is 18.3 Å². The second-order valence-electron chi connectivity index (χ2n) is 2.03. The van der Waals surface area contributed by atoms with Gasteiger partial charge in [0.2, 0.25) is 0 Å². The highest BCUT2D eigenvalue weighted by Gasteiger charge is 2.22. The third-order valence-corrected chi connectivity index (χ3v) is 1.07. The predicted octanol–water partition coefficient (Wildman–Crippen LogP) is 1.60. The molecule has 0 atom stereocenters. The molecule has 0 heterocycles. The van der Waals surface area contributed by atoms with Crippen molar-refractivity contribution in [3.8, 4) is 11.8 Å². The Hall–Kier alpha value is -1.11. The summed E-state index contributed by atoms with van der Waals surface area (Å²) < 4.78 is 29.1. The van der Waals surface area contributed by atoms with Crippen molar-refractivity contribution in [3.63, 3.8) is 0 Å². The molecule has 0 bridgehead atoms. The van der Waals surface area contributed by atoms with E-state index in [9.17, 15) is 13.6 Å². The van der Waals surface area contributed by atoms with Crippen LogP contribution in [0.2, 0.25) is 0 Å². The normalized spacial score (nSPS) is 10.0. The molecule has 0 N–H and O–H groups in total. The molecule has 0 radical (unpaired) electrons. The molecule has 0 rings (SSSR count). The van der Waals surface area contributed by atoms with Gasteiger partial charge in [-0.05, 0) is 12.8 Å². The van der Waals surface area contributed by atoms with Crippen LogP contribution in [0, 0.1) is 11.8 Å². The molecule has 0 fully saturated rings. The van der Waals surface area contributed by atoms with Crippen molar-refractivity contribution in [2.45, 2.75) is 26.2 Å². The maximum absolute atomic E-state index is 12.4. The lowest BCUT2D eigenvalue weighted by atomic mass is 10.3. The van der Waals surface area contributed by atoms with Crippen molar-refractivity contribution in [1.82, 2.24) is 0 Å². The summed E-state index contributed by atoms with van der Waals surface area (Å²) in [7, 11) is 0. The van der Waals surface area contributed by atoms with E-state index >= 15 is 0 Å². The average Bonchev–Trinajstić information content (AvgIpc) is 2.02. The summed E-state index contributed by atoms with van der Waals surface area (Å²) in [5, 5.41) is 0. The van der Waals surface area contributed by atoms with E-state index in [1.165, 1.54) is 12.8 Å². The van der Waals surface area contributed by atoms with Crippen molar-refractivity contribution in [2.75, 3.05) is 6.61 Å². The van der Waals surface area contributed by atoms with Gasteiger partial charge in [-0.15, -0.1) is 0 Å². The Bertz CT molecular complexity index is 213. The Labute approximate surface area is 69.9 Å². The number of rotatable bonds is 2. The fourth-order valence-corrected chi connectivity index (χ4v) is 0.398. The maximum atomic E-state index is 12.4. The van der Waals surface area contributed by atoms with Gasteiger partial charge in [0.25, 0.3) is 0 Å². The highest BCUT2D eigenvalue weighted by Crippen LogP contribution is 2.15. The van der Waals surface area contributed by atoms with Crippen LogP contribution in [0.15, 0.2) is 0 Å². The van der Waals surface area contributed by atoms with Crippen LogP contribution in [0.3, 0.4) is 0 Å². The molecule has 0 saturated heterocycles. The number of alkyl halides is 2.